The molecule has 2 atom stereocenters. The first-order valence-corrected chi connectivity index (χ1v) is 7.64. The summed E-state index contributed by atoms with van der Waals surface area (Å²) in [4.78, 5) is 23.9. The fourth-order valence-electron chi connectivity index (χ4n) is 1.68. The number of benzene rings is 1. The summed E-state index contributed by atoms with van der Waals surface area (Å²) in [6.45, 7) is 5.74. The Morgan fingerprint density at radius 1 is 1.30 bits per heavy atom. The van der Waals surface area contributed by atoms with Crippen molar-refractivity contribution in [2.75, 3.05) is 5.75 Å². The average Bonchev–Trinajstić information content (AvgIpc) is 2.43. The van der Waals surface area contributed by atoms with Crippen LogP contribution >= 0.6 is 11.8 Å². The molecular weight excluding hydrogens is 274 g/mol. The largest absolute Gasteiger partial charge is 0.480 e. The first-order chi connectivity index (χ1) is 9.43. The SMILES string of the molecule is CCC(C)[C@H](NC(=O)CSc1ccc(C)cc1)C(=O)O. The van der Waals surface area contributed by atoms with E-state index in [-0.39, 0.29) is 17.6 Å². The summed E-state index contributed by atoms with van der Waals surface area (Å²) in [6.07, 6.45) is 0.711. The average molecular weight is 295 g/mol. The second-order valence-corrected chi connectivity index (χ2v) is 5.92. The third kappa shape index (κ3) is 5.25. The highest BCUT2D eigenvalue weighted by atomic mass is 32.2. The van der Waals surface area contributed by atoms with E-state index >= 15 is 0 Å². The van der Waals surface area contributed by atoms with Crippen molar-refractivity contribution in [3.8, 4) is 0 Å². The predicted octanol–water partition coefficient (Wildman–Crippen LogP) is 2.70. The Morgan fingerprint density at radius 3 is 2.40 bits per heavy atom. The van der Waals surface area contributed by atoms with Crippen molar-refractivity contribution in [1.29, 1.82) is 0 Å². The fourth-order valence-corrected chi connectivity index (χ4v) is 2.39. The molecule has 110 valence electrons. The maximum Gasteiger partial charge on any atom is 0.326 e. The molecule has 20 heavy (non-hydrogen) atoms. The lowest BCUT2D eigenvalue weighted by atomic mass is 9.99. The number of hydrogen-bond acceptors (Lipinski definition) is 3. The number of hydrogen-bond donors (Lipinski definition) is 2. The molecule has 1 rings (SSSR count). The van der Waals surface area contributed by atoms with Gasteiger partial charge in [0.25, 0.3) is 0 Å². The zero-order valence-corrected chi connectivity index (χ0v) is 12.9. The van der Waals surface area contributed by atoms with Crippen LogP contribution in [0.25, 0.3) is 0 Å². The second kappa shape index (κ2) is 7.94. The number of thioether (sulfide) groups is 1. The van der Waals surface area contributed by atoms with Crippen LogP contribution in [-0.4, -0.2) is 28.8 Å². The Hall–Kier alpha value is -1.49. The number of carbonyl (C=O) groups is 2. The predicted molar refractivity (Wildman–Crippen MR) is 80.9 cm³/mol. The molecule has 1 amide bonds. The number of carboxylic acids is 1. The van der Waals surface area contributed by atoms with Gasteiger partial charge in [-0.25, -0.2) is 4.79 Å². The van der Waals surface area contributed by atoms with Gasteiger partial charge in [-0.2, -0.15) is 0 Å². The summed E-state index contributed by atoms with van der Waals surface area (Å²) in [6, 6.07) is 7.07. The molecule has 0 saturated carbocycles. The third-order valence-corrected chi connectivity index (χ3v) is 4.20. The van der Waals surface area contributed by atoms with Gasteiger partial charge in [-0.05, 0) is 25.0 Å². The van der Waals surface area contributed by atoms with E-state index in [1.807, 2.05) is 45.0 Å². The van der Waals surface area contributed by atoms with E-state index < -0.39 is 12.0 Å². The van der Waals surface area contributed by atoms with Gasteiger partial charge < -0.3 is 10.4 Å². The lowest BCUT2D eigenvalue weighted by Crippen LogP contribution is -2.45. The molecule has 0 aliphatic heterocycles. The molecule has 4 nitrogen and oxygen atoms in total. The van der Waals surface area contributed by atoms with E-state index in [1.165, 1.54) is 17.3 Å². The van der Waals surface area contributed by atoms with Gasteiger partial charge in [-0.15, -0.1) is 11.8 Å². The molecular formula is C15H21NO3S. The lowest BCUT2D eigenvalue weighted by Gasteiger charge is -2.19. The molecule has 0 saturated heterocycles. The number of aliphatic carboxylic acids is 1. The summed E-state index contributed by atoms with van der Waals surface area (Å²) in [5.74, 6) is -1.08. The Kier molecular flexibility index (Phi) is 6.58. The summed E-state index contributed by atoms with van der Waals surface area (Å²) < 4.78 is 0. The molecule has 0 aromatic heterocycles. The van der Waals surface area contributed by atoms with Crippen molar-refractivity contribution in [2.24, 2.45) is 5.92 Å². The van der Waals surface area contributed by atoms with Crippen LogP contribution < -0.4 is 5.32 Å². The van der Waals surface area contributed by atoms with Crippen molar-refractivity contribution in [2.45, 2.75) is 38.1 Å². The van der Waals surface area contributed by atoms with Crippen LogP contribution in [0.15, 0.2) is 29.2 Å². The van der Waals surface area contributed by atoms with Gasteiger partial charge in [0.2, 0.25) is 5.91 Å². The normalized spacial score (nSPS) is 13.6. The van der Waals surface area contributed by atoms with Gasteiger partial charge in [0.15, 0.2) is 0 Å². The van der Waals surface area contributed by atoms with Crippen LogP contribution in [0.4, 0.5) is 0 Å². The van der Waals surface area contributed by atoms with E-state index in [0.717, 1.165) is 4.90 Å². The molecule has 0 aliphatic rings. The molecule has 0 radical (unpaired) electrons. The number of rotatable bonds is 7. The zero-order chi connectivity index (χ0) is 15.1. The van der Waals surface area contributed by atoms with Crippen molar-refractivity contribution >= 4 is 23.6 Å². The maximum atomic E-state index is 11.8. The van der Waals surface area contributed by atoms with Crippen LogP contribution in [0, 0.1) is 12.8 Å². The first-order valence-electron chi connectivity index (χ1n) is 6.65. The van der Waals surface area contributed by atoms with E-state index in [4.69, 9.17) is 5.11 Å². The van der Waals surface area contributed by atoms with Crippen LogP contribution in [0.2, 0.25) is 0 Å². The fraction of sp³-hybridized carbons (Fsp3) is 0.467. The second-order valence-electron chi connectivity index (χ2n) is 4.87. The Morgan fingerprint density at radius 2 is 1.90 bits per heavy atom. The van der Waals surface area contributed by atoms with Crippen molar-refractivity contribution in [3.63, 3.8) is 0 Å². The number of carboxylic acid groups (broad SMARTS) is 1. The highest BCUT2D eigenvalue weighted by molar-refractivity contribution is 8.00. The smallest absolute Gasteiger partial charge is 0.326 e. The molecule has 1 aromatic carbocycles. The standard InChI is InChI=1S/C15H21NO3S/c1-4-11(3)14(15(18)19)16-13(17)9-20-12-7-5-10(2)6-8-12/h5-8,11,14H,4,9H2,1-3H3,(H,16,17)(H,18,19)/t11?,14-/m0/s1. The van der Waals surface area contributed by atoms with Gasteiger partial charge >= 0.3 is 5.97 Å². The summed E-state index contributed by atoms with van der Waals surface area (Å²) in [5, 5.41) is 11.7. The molecule has 1 unspecified atom stereocenters. The lowest BCUT2D eigenvalue weighted by molar-refractivity contribution is -0.143. The van der Waals surface area contributed by atoms with Crippen molar-refractivity contribution < 1.29 is 14.7 Å². The first kappa shape index (κ1) is 16.6. The summed E-state index contributed by atoms with van der Waals surface area (Å²) in [5.41, 5.74) is 1.17. The molecule has 5 heteroatoms. The Balaban J connectivity index is 2.49. The van der Waals surface area contributed by atoms with E-state index in [1.54, 1.807) is 0 Å². The monoisotopic (exact) mass is 295 g/mol. The quantitative estimate of drug-likeness (QED) is 0.759. The molecule has 0 aliphatic carbocycles. The van der Waals surface area contributed by atoms with Gasteiger partial charge in [0, 0.05) is 4.90 Å². The highest BCUT2D eigenvalue weighted by Gasteiger charge is 2.25. The van der Waals surface area contributed by atoms with E-state index in [9.17, 15) is 9.59 Å². The minimum absolute atomic E-state index is 0.0826. The Labute approximate surface area is 124 Å². The molecule has 1 aromatic rings. The Bertz CT molecular complexity index is 459. The van der Waals surface area contributed by atoms with Crippen LogP contribution in [0.5, 0.6) is 0 Å². The van der Waals surface area contributed by atoms with Gasteiger partial charge in [0.05, 0.1) is 5.75 Å². The summed E-state index contributed by atoms with van der Waals surface area (Å²) in [7, 11) is 0. The molecule has 0 fully saturated rings. The van der Waals surface area contributed by atoms with Crippen molar-refractivity contribution in [3.05, 3.63) is 29.8 Å². The van der Waals surface area contributed by atoms with Crippen LogP contribution in [-0.2, 0) is 9.59 Å². The third-order valence-electron chi connectivity index (χ3n) is 3.19. The minimum Gasteiger partial charge on any atom is -0.480 e. The van der Waals surface area contributed by atoms with Gasteiger partial charge in [-0.3, -0.25) is 4.79 Å². The number of aryl methyl sites for hydroxylation is 1. The molecule has 2 N–H and O–H groups in total. The highest BCUT2D eigenvalue weighted by Crippen LogP contribution is 2.18. The minimum atomic E-state index is -0.979. The molecule has 0 heterocycles. The van der Waals surface area contributed by atoms with E-state index in [2.05, 4.69) is 5.32 Å². The topological polar surface area (TPSA) is 66.4 Å². The molecule has 0 spiro atoms. The van der Waals surface area contributed by atoms with Crippen LogP contribution in [0.1, 0.15) is 25.8 Å². The summed E-state index contributed by atoms with van der Waals surface area (Å²) >= 11 is 1.41. The number of amides is 1. The van der Waals surface area contributed by atoms with Crippen molar-refractivity contribution in [1.82, 2.24) is 5.32 Å². The van der Waals surface area contributed by atoms with E-state index in [0.29, 0.717) is 6.42 Å². The van der Waals surface area contributed by atoms with Gasteiger partial charge in [0.1, 0.15) is 6.04 Å². The number of carbonyl (C=O) groups excluding carboxylic acids is 1. The molecule has 0 bridgehead atoms. The van der Waals surface area contributed by atoms with Gasteiger partial charge in [-0.1, -0.05) is 38.0 Å². The maximum absolute atomic E-state index is 11.8. The zero-order valence-electron chi connectivity index (χ0n) is 12.1. The number of nitrogens with one attached hydrogen (secondary N) is 1. The van der Waals surface area contributed by atoms with Crippen LogP contribution in [0.3, 0.4) is 0 Å².